The Morgan fingerprint density at radius 3 is 2.35 bits per heavy atom. The third kappa shape index (κ3) is 2.23. The summed E-state index contributed by atoms with van der Waals surface area (Å²) in [4.78, 5) is 25.1. The molecule has 0 heterocycles. The van der Waals surface area contributed by atoms with Crippen molar-refractivity contribution in [1.82, 2.24) is 0 Å². The topological polar surface area (TPSA) is 61.8 Å². The molecular formula is C18H20O5. The summed E-state index contributed by atoms with van der Waals surface area (Å²) in [5.74, 6) is -2.91. The van der Waals surface area contributed by atoms with Crippen molar-refractivity contribution in [3.63, 3.8) is 0 Å². The number of esters is 1. The van der Waals surface area contributed by atoms with Gasteiger partial charge in [-0.25, -0.2) is 4.79 Å². The maximum Gasteiger partial charge on any atom is 0.333 e. The molecule has 0 N–H and O–H groups in total. The summed E-state index contributed by atoms with van der Waals surface area (Å²) in [5.41, 5.74) is 1.55. The van der Waals surface area contributed by atoms with E-state index < -0.39 is 23.6 Å². The summed E-state index contributed by atoms with van der Waals surface area (Å²) >= 11 is 0. The first-order valence-corrected chi connectivity index (χ1v) is 7.58. The van der Waals surface area contributed by atoms with Crippen LogP contribution in [0.15, 0.2) is 42.0 Å². The molecule has 0 unspecified atom stereocenters. The van der Waals surface area contributed by atoms with Gasteiger partial charge in [0.05, 0.1) is 13.0 Å². The van der Waals surface area contributed by atoms with Crippen LogP contribution >= 0.6 is 0 Å². The lowest BCUT2D eigenvalue weighted by atomic mass is 9.60. The van der Waals surface area contributed by atoms with Gasteiger partial charge in [-0.3, -0.25) is 4.79 Å². The van der Waals surface area contributed by atoms with Gasteiger partial charge in [0, 0.05) is 25.7 Å². The van der Waals surface area contributed by atoms with Crippen molar-refractivity contribution in [2.24, 2.45) is 11.8 Å². The molecule has 1 aromatic rings. The van der Waals surface area contributed by atoms with Crippen LogP contribution in [0, 0.1) is 11.8 Å². The highest BCUT2D eigenvalue weighted by atomic mass is 16.7. The second-order valence-electron chi connectivity index (χ2n) is 5.88. The highest BCUT2D eigenvalue weighted by Crippen LogP contribution is 2.53. The lowest BCUT2D eigenvalue weighted by molar-refractivity contribution is -0.239. The summed E-state index contributed by atoms with van der Waals surface area (Å²) in [6.45, 7) is 0. The maximum atomic E-state index is 13.0. The number of rotatable bonds is 4. The Morgan fingerprint density at radius 2 is 1.78 bits per heavy atom. The van der Waals surface area contributed by atoms with Crippen molar-refractivity contribution in [3.8, 4) is 0 Å². The molecule has 5 nitrogen and oxygen atoms in total. The molecule has 0 aliphatic heterocycles. The number of benzene rings is 1. The zero-order valence-electron chi connectivity index (χ0n) is 13.4. The van der Waals surface area contributed by atoms with Crippen molar-refractivity contribution in [2.45, 2.75) is 18.1 Å². The van der Waals surface area contributed by atoms with E-state index in [-0.39, 0.29) is 11.7 Å². The van der Waals surface area contributed by atoms with E-state index in [0.717, 1.165) is 5.56 Å². The van der Waals surface area contributed by atoms with Gasteiger partial charge >= 0.3 is 5.97 Å². The lowest BCUT2D eigenvalue weighted by Gasteiger charge is -2.50. The van der Waals surface area contributed by atoms with Crippen molar-refractivity contribution in [1.29, 1.82) is 0 Å². The van der Waals surface area contributed by atoms with Crippen LogP contribution in [0.25, 0.3) is 0 Å². The summed E-state index contributed by atoms with van der Waals surface area (Å²) in [5, 5.41) is 0. The van der Waals surface area contributed by atoms with E-state index in [4.69, 9.17) is 14.2 Å². The molecule has 1 aromatic carbocycles. The molecular weight excluding hydrogens is 296 g/mol. The number of carbonyl (C=O) groups is 2. The van der Waals surface area contributed by atoms with E-state index in [1.807, 2.05) is 30.3 Å². The van der Waals surface area contributed by atoms with Gasteiger partial charge in [-0.05, 0) is 17.9 Å². The Morgan fingerprint density at radius 1 is 1.13 bits per heavy atom. The fourth-order valence-corrected chi connectivity index (χ4v) is 3.92. The molecule has 3 atom stereocenters. The fourth-order valence-electron chi connectivity index (χ4n) is 3.92. The third-order valence-corrected chi connectivity index (χ3v) is 5.02. The SMILES string of the molecule is COC(=O)C1=C[C@H]2C(=O)C(OC)(OC)[C@H]1C[C@@H]2c1ccccc1. The molecule has 0 amide bonds. The zero-order valence-corrected chi connectivity index (χ0v) is 13.4. The van der Waals surface area contributed by atoms with E-state index in [1.165, 1.54) is 21.3 Å². The van der Waals surface area contributed by atoms with Crippen LogP contribution in [0.3, 0.4) is 0 Å². The Balaban J connectivity index is 2.08. The fraction of sp³-hybridized carbons (Fsp3) is 0.444. The largest absolute Gasteiger partial charge is 0.466 e. The number of methoxy groups -OCH3 is 3. The minimum Gasteiger partial charge on any atom is -0.466 e. The Kier molecular flexibility index (Phi) is 4.08. The molecule has 0 radical (unpaired) electrons. The number of Topliss-reactive ketones (excluding diaryl/α,β-unsaturated/α-hetero) is 1. The van der Waals surface area contributed by atoms with Crippen LogP contribution in [0.1, 0.15) is 17.9 Å². The first-order valence-electron chi connectivity index (χ1n) is 7.58. The zero-order chi connectivity index (χ0) is 16.6. The average molecular weight is 316 g/mol. The van der Waals surface area contributed by atoms with Crippen molar-refractivity contribution in [3.05, 3.63) is 47.5 Å². The molecule has 1 saturated carbocycles. The van der Waals surface area contributed by atoms with Crippen LogP contribution in [0.2, 0.25) is 0 Å². The number of hydrogen-bond acceptors (Lipinski definition) is 5. The van der Waals surface area contributed by atoms with Crippen molar-refractivity contribution in [2.75, 3.05) is 21.3 Å². The second kappa shape index (κ2) is 5.91. The monoisotopic (exact) mass is 316 g/mol. The van der Waals surface area contributed by atoms with E-state index in [1.54, 1.807) is 6.08 Å². The maximum absolute atomic E-state index is 13.0. The highest BCUT2D eigenvalue weighted by molar-refractivity contribution is 6.00. The number of allylic oxidation sites excluding steroid dienone is 1. The molecule has 0 aromatic heterocycles. The number of hydrogen-bond donors (Lipinski definition) is 0. The van der Waals surface area contributed by atoms with Crippen LogP contribution in [0.4, 0.5) is 0 Å². The number of carbonyl (C=O) groups excluding carboxylic acids is 2. The molecule has 2 bridgehead atoms. The van der Waals surface area contributed by atoms with E-state index in [9.17, 15) is 9.59 Å². The predicted octanol–water partition coefficient (Wildman–Crippen LogP) is 2.08. The van der Waals surface area contributed by atoms with Gasteiger partial charge in [0.1, 0.15) is 0 Å². The molecule has 122 valence electrons. The molecule has 3 aliphatic carbocycles. The smallest absolute Gasteiger partial charge is 0.333 e. The van der Waals surface area contributed by atoms with Crippen LogP contribution < -0.4 is 0 Å². The van der Waals surface area contributed by atoms with E-state index in [2.05, 4.69) is 0 Å². The molecule has 23 heavy (non-hydrogen) atoms. The molecule has 4 rings (SSSR count). The summed E-state index contributed by atoms with van der Waals surface area (Å²) in [6, 6.07) is 9.85. The summed E-state index contributed by atoms with van der Waals surface area (Å²) < 4.78 is 15.8. The first kappa shape index (κ1) is 15.9. The van der Waals surface area contributed by atoms with Crippen LogP contribution in [-0.4, -0.2) is 38.9 Å². The highest BCUT2D eigenvalue weighted by Gasteiger charge is 2.61. The van der Waals surface area contributed by atoms with Gasteiger partial charge in [-0.1, -0.05) is 36.4 Å². The van der Waals surface area contributed by atoms with Gasteiger partial charge in [0.15, 0.2) is 5.78 Å². The third-order valence-electron chi connectivity index (χ3n) is 5.02. The van der Waals surface area contributed by atoms with E-state index in [0.29, 0.717) is 12.0 Å². The minimum absolute atomic E-state index is 0.0144. The minimum atomic E-state index is -1.41. The van der Waals surface area contributed by atoms with E-state index >= 15 is 0 Å². The predicted molar refractivity (Wildman–Crippen MR) is 82.6 cm³/mol. The first-order chi connectivity index (χ1) is 11.1. The number of fused-ring (bicyclic) bond motifs is 2. The Labute approximate surface area is 135 Å². The Hall–Kier alpha value is -1.98. The quantitative estimate of drug-likeness (QED) is 0.629. The number of ketones is 1. The number of ether oxygens (including phenoxy) is 3. The second-order valence-corrected chi connectivity index (χ2v) is 5.88. The molecule has 0 saturated heterocycles. The van der Waals surface area contributed by atoms with Crippen molar-refractivity contribution < 1.29 is 23.8 Å². The normalized spacial score (nSPS) is 28.4. The molecule has 0 spiro atoms. The van der Waals surface area contributed by atoms with Gasteiger partial charge in [0.2, 0.25) is 5.79 Å². The summed E-state index contributed by atoms with van der Waals surface area (Å²) in [7, 11) is 4.21. The van der Waals surface area contributed by atoms with Crippen LogP contribution in [0.5, 0.6) is 0 Å². The molecule has 5 heteroatoms. The molecule has 3 aliphatic rings. The van der Waals surface area contributed by atoms with Gasteiger partial charge in [-0.15, -0.1) is 0 Å². The van der Waals surface area contributed by atoms with Gasteiger partial charge in [-0.2, -0.15) is 0 Å². The van der Waals surface area contributed by atoms with Gasteiger partial charge in [0.25, 0.3) is 0 Å². The van der Waals surface area contributed by atoms with Crippen molar-refractivity contribution >= 4 is 11.8 Å². The standard InChI is InChI=1S/C18H20O5/c1-21-17(20)14-9-13-12(11-7-5-4-6-8-11)10-15(14)18(22-2,23-3)16(13)19/h4-9,12-13,15H,10H2,1-3H3/t12-,13-,15+/m1/s1. The lowest BCUT2D eigenvalue weighted by Crippen LogP contribution is -2.60. The Bertz CT molecular complexity index is 645. The molecule has 1 fully saturated rings. The average Bonchev–Trinajstić information content (AvgIpc) is 2.62. The summed E-state index contributed by atoms with van der Waals surface area (Å²) in [6.07, 6.45) is 2.33. The van der Waals surface area contributed by atoms with Crippen LogP contribution in [-0.2, 0) is 23.8 Å². The van der Waals surface area contributed by atoms with Gasteiger partial charge < -0.3 is 14.2 Å².